The van der Waals surface area contributed by atoms with E-state index in [2.05, 4.69) is 10.7 Å². The molecule has 0 aromatic rings. The van der Waals surface area contributed by atoms with Gasteiger partial charge in [0.15, 0.2) is 0 Å². The van der Waals surface area contributed by atoms with Crippen LogP contribution in [-0.2, 0) is 4.79 Å². The fourth-order valence-electron chi connectivity index (χ4n) is 2.56. The number of nitrogens with two attached hydrogens (primary N) is 1. The Morgan fingerprint density at radius 1 is 1.50 bits per heavy atom. The maximum atomic E-state index is 11.3. The first kappa shape index (κ1) is 8.01. The van der Waals surface area contributed by atoms with Crippen molar-refractivity contribution in [2.24, 2.45) is 17.7 Å². The highest BCUT2D eigenvalue weighted by Crippen LogP contribution is 2.37. The van der Waals surface area contributed by atoms with E-state index in [1.807, 2.05) is 0 Å². The summed E-state index contributed by atoms with van der Waals surface area (Å²) in [5, 5.41) is 3.22. The van der Waals surface area contributed by atoms with Crippen LogP contribution in [0.4, 0.5) is 0 Å². The molecule has 0 spiro atoms. The minimum Gasteiger partial charge on any atom is -0.305 e. The van der Waals surface area contributed by atoms with Crippen LogP contribution in [0, 0.1) is 11.8 Å². The number of hydrogen-bond donors (Lipinski definition) is 3. The lowest BCUT2D eigenvalue weighted by Crippen LogP contribution is -2.46. The van der Waals surface area contributed by atoms with Crippen molar-refractivity contribution in [3.05, 3.63) is 0 Å². The Bertz CT molecular complexity index is 195. The molecule has 3 atom stereocenters. The van der Waals surface area contributed by atoms with E-state index in [1.54, 1.807) is 0 Å². The van der Waals surface area contributed by atoms with Gasteiger partial charge in [-0.3, -0.25) is 10.2 Å². The van der Waals surface area contributed by atoms with Crippen molar-refractivity contribution in [3.63, 3.8) is 0 Å². The summed E-state index contributed by atoms with van der Waals surface area (Å²) in [4.78, 5) is 11.3. The van der Waals surface area contributed by atoms with E-state index in [0.717, 1.165) is 6.54 Å². The monoisotopic (exact) mass is 169 g/mol. The molecule has 0 bridgehead atoms. The van der Waals surface area contributed by atoms with Gasteiger partial charge in [-0.2, -0.15) is 0 Å². The third-order valence-corrected chi connectivity index (χ3v) is 3.17. The molecule has 1 saturated carbocycles. The Balaban J connectivity index is 2.04. The lowest BCUT2D eigenvalue weighted by atomic mass is 9.94. The molecule has 1 saturated heterocycles. The number of rotatable bonds is 1. The van der Waals surface area contributed by atoms with Gasteiger partial charge in [-0.1, -0.05) is 6.42 Å². The molecule has 0 radical (unpaired) electrons. The predicted molar refractivity (Wildman–Crippen MR) is 45.0 cm³/mol. The maximum Gasteiger partial charge on any atom is 0.251 e. The van der Waals surface area contributed by atoms with Gasteiger partial charge < -0.3 is 5.32 Å². The maximum absolute atomic E-state index is 11.3. The molecule has 1 aliphatic heterocycles. The summed E-state index contributed by atoms with van der Waals surface area (Å²) in [6, 6.07) is -0.0255. The van der Waals surface area contributed by atoms with Gasteiger partial charge in [0.1, 0.15) is 0 Å². The molecule has 1 amide bonds. The molecule has 68 valence electrons. The number of carbonyl (C=O) groups excluding carboxylic acids is 1. The quantitative estimate of drug-likeness (QED) is 0.278. The molecule has 1 heterocycles. The molecule has 2 aliphatic rings. The summed E-state index contributed by atoms with van der Waals surface area (Å²) >= 11 is 0. The number of hydrazine groups is 1. The highest BCUT2D eigenvalue weighted by molar-refractivity contribution is 5.81. The van der Waals surface area contributed by atoms with Crippen LogP contribution >= 0.6 is 0 Å². The van der Waals surface area contributed by atoms with Crippen LogP contribution < -0.4 is 16.6 Å². The van der Waals surface area contributed by atoms with Crippen LogP contribution in [0.3, 0.4) is 0 Å². The summed E-state index contributed by atoms with van der Waals surface area (Å²) < 4.78 is 0. The van der Waals surface area contributed by atoms with E-state index < -0.39 is 0 Å². The average Bonchev–Trinajstić information content (AvgIpc) is 2.62. The first-order chi connectivity index (χ1) is 5.83. The summed E-state index contributed by atoms with van der Waals surface area (Å²) in [6.45, 7) is 0.989. The van der Waals surface area contributed by atoms with Crippen molar-refractivity contribution in [2.45, 2.75) is 25.3 Å². The lowest BCUT2D eigenvalue weighted by molar-refractivity contribution is -0.123. The van der Waals surface area contributed by atoms with Crippen molar-refractivity contribution < 1.29 is 4.79 Å². The highest BCUT2D eigenvalue weighted by Gasteiger charge is 2.41. The molecule has 12 heavy (non-hydrogen) atoms. The highest BCUT2D eigenvalue weighted by atomic mass is 16.2. The van der Waals surface area contributed by atoms with E-state index in [1.165, 1.54) is 19.3 Å². The van der Waals surface area contributed by atoms with Crippen molar-refractivity contribution in [3.8, 4) is 0 Å². The Kier molecular flexibility index (Phi) is 2.02. The summed E-state index contributed by atoms with van der Waals surface area (Å²) in [5.41, 5.74) is 2.22. The number of amides is 1. The normalized spacial score (nSPS) is 39.6. The van der Waals surface area contributed by atoms with Gasteiger partial charge in [-0.05, 0) is 31.2 Å². The first-order valence-corrected chi connectivity index (χ1v) is 4.57. The smallest absolute Gasteiger partial charge is 0.251 e. The van der Waals surface area contributed by atoms with Gasteiger partial charge in [0.25, 0.3) is 5.91 Å². The zero-order valence-corrected chi connectivity index (χ0v) is 7.05. The van der Waals surface area contributed by atoms with E-state index in [-0.39, 0.29) is 11.9 Å². The second-order valence-corrected chi connectivity index (χ2v) is 3.75. The molecule has 4 heteroatoms. The number of nitrogens with one attached hydrogen (secondary N) is 2. The van der Waals surface area contributed by atoms with Crippen molar-refractivity contribution in [1.29, 1.82) is 0 Å². The fourth-order valence-corrected chi connectivity index (χ4v) is 2.56. The second-order valence-electron chi connectivity index (χ2n) is 3.75. The summed E-state index contributed by atoms with van der Waals surface area (Å²) in [7, 11) is 0. The van der Waals surface area contributed by atoms with Crippen molar-refractivity contribution in [1.82, 2.24) is 10.7 Å². The molecule has 1 aliphatic carbocycles. The Labute approximate surface area is 71.9 Å². The molecule has 3 unspecified atom stereocenters. The molecule has 2 fully saturated rings. The molecule has 4 nitrogen and oxygen atoms in total. The van der Waals surface area contributed by atoms with Gasteiger partial charge >= 0.3 is 0 Å². The molecular weight excluding hydrogens is 154 g/mol. The summed E-state index contributed by atoms with van der Waals surface area (Å²) in [5.74, 6) is 6.29. The topological polar surface area (TPSA) is 67.1 Å². The first-order valence-electron chi connectivity index (χ1n) is 4.57. The number of carbonyl (C=O) groups is 1. The Hall–Kier alpha value is -0.610. The van der Waals surface area contributed by atoms with E-state index in [9.17, 15) is 4.79 Å². The van der Waals surface area contributed by atoms with Gasteiger partial charge in [0, 0.05) is 0 Å². The van der Waals surface area contributed by atoms with Gasteiger partial charge in [-0.15, -0.1) is 0 Å². The van der Waals surface area contributed by atoms with Crippen molar-refractivity contribution >= 4 is 5.91 Å². The third-order valence-electron chi connectivity index (χ3n) is 3.17. The molecule has 0 aromatic heterocycles. The minimum absolute atomic E-state index is 0.0255. The van der Waals surface area contributed by atoms with Crippen molar-refractivity contribution in [2.75, 3.05) is 6.54 Å². The standard InChI is InChI=1S/C8H15N3O/c9-11-8(12)7-6-3-1-2-5(6)4-10-7/h5-7,10H,1-4,9H2,(H,11,12). The zero-order valence-electron chi connectivity index (χ0n) is 7.05. The van der Waals surface area contributed by atoms with Crippen LogP contribution in [0.25, 0.3) is 0 Å². The molecule has 4 N–H and O–H groups in total. The van der Waals surface area contributed by atoms with Crippen LogP contribution in [0.2, 0.25) is 0 Å². The van der Waals surface area contributed by atoms with Crippen LogP contribution in [-0.4, -0.2) is 18.5 Å². The van der Waals surface area contributed by atoms with Crippen LogP contribution in [0.1, 0.15) is 19.3 Å². The number of hydrogen-bond acceptors (Lipinski definition) is 3. The minimum atomic E-state index is -0.0515. The fraction of sp³-hybridized carbons (Fsp3) is 0.875. The molecule has 0 aromatic carbocycles. The number of fused-ring (bicyclic) bond motifs is 1. The second kappa shape index (κ2) is 3.03. The van der Waals surface area contributed by atoms with E-state index in [4.69, 9.17) is 5.84 Å². The lowest BCUT2D eigenvalue weighted by Gasteiger charge is -2.15. The molecule has 2 rings (SSSR count). The zero-order chi connectivity index (χ0) is 8.55. The Morgan fingerprint density at radius 2 is 2.33 bits per heavy atom. The Morgan fingerprint density at radius 3 is 3.08 bits per heavy atom. The summed E-state index contributed by atoms with van der Waals surface area (Å²) in [6.07, 6.45) is 3.72. The SMILES string of the molecule is NNC(=O)C1NCC2CCCC21. The van der Waals surface area contributed by atoms with Gasteiger partial charge in [-0.25, -0.2) is 5.84 Å². The van der Waals surface area contributed by atoms with E-state index in [0.29, 0.717) is 11.8 Å². The third kappa shape index (κ3) is 1.11. The van der Waals surface area contributed by atoms with Crippen LogP contribution in [0.15, 0.2) is 0 Å². The predicted octanol–water partition coefficient (Wildman–Crippen LogP) is -0.636. The van der Waals surface area contributed by atoms with E-state index >= 15 is 0 Å². The van der Waals surface area contributed by atoms with Crippen LogP contribution in [0.5, 0.6) is 0 Å². The average molecular weight is 169 g/mol. The largest absolute Gasteiger partial charge is 0.305 e. The van der Waals surface area contributed by atoms with Gasteiger partial charge in [0.2, 0.25) is 0 Å². The van der Waals surface area contributed by atoms with Gasteiger partial charge in [0.05, 0.1) is 6.04 Å². The molecular formula is C8H15N3O.